The Bertz CT molecular complexity index is 265. The van der Waals surface area contributed by atoms with Crippen LogP contribution in [0.2, 0.25) is 5.02 Å². The van der Waals surface area contributed by atoms with Gasteiger partial charge in [0.05, 0.1) is 5.69 Å². The van der Waals surface area contributed by atoms with Crippen molar-refractivity contribution in [2.45, 2.75) is 13.1 Å². The Balaban J connectivity index is 0.000000605. The van der Waals surface area contributed by atoms with Gasteiger partial charge in [-0.15, -0.1) is 24.8 Å². The van der Waals surface area contributed by atoms with E-state index in [2.05, 4.69) is 10.3 Å². The van der Waals surface area contributed by atoms with E-state index in [-0.39, 0.29) is 24.8 Å². The Labute approximate surface area is 88.5 Å². The van der Waals surface area contributed by atoms with Crippen molar-refractivity contribution in [3.8, 4) is 0 Å². The molecule has 12 heavy (non-hydrogen) atoms. The molecule has 0 aliphatic carbocycles. The summed E-state index contributed by atoms with van der Waals surface area (Å²) in [6, 6.07) is 1.83. The van der Waals surface area contributed by atoms with E-state index >= 15 is 0 Å². The van der Waals surface area contributed by atoms with Crippen molar-refractivity contribution in [1.29, 1.82) is 0 Å². The summed E-state index contributed by atoms with van der Waals surface area (Å²) in [5.41, 5.74) is 2.25. The van der Waals surface area contributed by atoms with E-state index in [1.807, 2.05) is 6.07 Å². The number of halogens is 3. The van der Waals surface area contributed by atoms with Crippen LogP contribution in [0.1, 0.15) is 11.3 Å². The predicted octanol–water partition coefficient (Wildman–Crippen LogP) is 2.18. The van der Waals surface area contributed by atoms with E-state index in [9.17, 15) is 0 Å². The Morgan fingerprint density at radius 1 is 1.33 bits per heavy atom. The monoisotopic (exact) mass is 226 g/mol. The molecule has 2 rings (SSSR count). The molecule has 68 valence electrons. The molecule has 0 aromatic carbocycles. The number of hydrogen-bond acceptors (Lipinski definition) is 2. The summed E-state index contributed by atoms with van der Waals surface area (Å²) in [6.07, 6.45) is 1.74. The van der Waals surface area contributed by atoms with E-state index in [1.54, 1.807) is 6.20 Å². The molecule has 0 saturated carbocycles. The van der Waals surface area contributed by atoms with Gasteiger partial charge < -0.3 is 5.32 Å². The van der Waals surface area contributed by atoms with Gasteiger partial charge in [-0.2, -0.15) is 0 Å². The highest BCUT2D eigenvalue weighted by Crippen LogP contribution is 2.21. The fourth-order valence-corrected chi connectivity index (χ4v) is 1.39. The van der Waals surface area contributed by atoms with Crippen LogP contribution in [0.15, 0.2) is 12.3 Å². The number of aromatic nitrogens is 1. The molecule has 0 bridgehead atoms. The molecular weight excluding hydrogens is 218 g/mol. The number of nitrogens with zero attached hydrogens (tertiary/aromatic N) is 1. The Hall–Kier alpha value is -0.0200. The first-order valence-corrected chi connectivity index (χ1v) is 3.58. The molecule has 2 nitrogen and oxygen atoms in total. The largest absolute Gasteiger partial charge is 0.307 e. The van der Waals surface area contributed by atoms with Crippen LogP contribution >= 0.6 is 36.4 Å². The van der Waals surface area contributed by atoms with Gasteiger partial charge in [0, 0.05) is 29.9 Å². The van der Waals surface area contributed by atoms with Crippen LogP contribution < -0.4 is 5.32 Å². The highest BCUT2D eigenvalue weighted by Gasteiger charge is 2.12. The van der Waals surface area contributed by atoms with Crippen molar-refractivity contribution in [2.75, 3.05) is 0 Å². The van der Waals surface area contributed by atoms with E-state index < -0.39 is 0 Å². The SMILES string of the molecule is Cl.Cl.Clc1ccnc2c1CNC2. The minimum atomic E-state index is 0. The van der Waals surface area contributed by atoms with Gasteiger partial charge in [-0.05, 0) is 6.07 Å². The first kappa shape index (κ1) is 12.0. The minimum absolute atomic E-state index is 0. The van der Waals surface area contributed by atoms with Gasteiger partial charge in [-0.1, -0.05) is 11.6 Å². The summed E-state index contributed by atoms with van der Waals surface area (Å²) in [5, 5.41) is 4.01. The lowest BCUT2D eigenvalue weighted by atomic mass is 10.2. The molecule has 1 aliphatic rings. The fraction of sp³-hybridized carbons (Fsp3) is 0.286. The molecule has 1 aromatic heterocycles. The second kappa shape index (κ2) is 4.87. The molecule has 1 N–H and O–H groups in total. The fourth-order valence-electron chi connectivity index (χ4n) is 1.15. The van der Waals surface area contributed by atoms with Gasteiger partial charge in [0.15, 0.2) is 0 Å². The molecular formula is C7H9Cl3N2. The smallest absolute Gasteiger partial charge is 0.0601 e. The van der Waals surface area contributed by atoms with Crippen LogP contribution in [0.25, 0.3) is 0 Å². The Kier molecular flexibility index (Phi) is 4.87. The molecule has 0 saturated heterocycles. The second-order valence-electron chi connectivity index (χ2n) is 2.32. The first-order valence-electron chi connectivity index (χ1n) is 3.21. The zero-order valence-electron chi connectivity index (χ0n) is 6.21. The second-order valence-corrected chi connectivity index (χ2v) is 2.73. The predicted molar refractivity (Wildman–Crippen MR) is 54.3 cm³/mol. The van der Waals surface area contributed by atoms with E-state index in [1.165, 1.54) is 0 Å². The first-order chi connectivity index (χ1) is 4.88. The lowest BCUT2D eigenvalue weighted by Gasteiger charge is -1.96. The maximum absolute atomic E-state index is 5.89. The molecule has 0 atom stereocenters. The summed E-state index contributed by atoms with van der Waals surface area (Å²) in [5.74, 6) is 0. The molecule has 0 spiro atoms. The summed E-state index contributed by atoms with van der Waals surface area (Å²) < 4.78 is 0. The highest BCUT2D eigenvalue weighted by atomic mass is 35.5. The molecule has 1 aromatic rings. The van der Waals surface area contributed by atoms with Crippen molar-refractivity contribution in [2.24, 2.45) is 0 Å². The normalized spacial score (nSPS) is 12.8. The number of pyridine rings is 1. The maximum atomic E-state index is 5.89. The Morgan fingerprint density at radius 2 is 2.08 bits per heavy atom. The number of nitrogens with one attached hydrogen (secondary N) is 1. The maximum Gasteiger partial charge on any atom is 0.0601 e. The van der Waals surface area contributed by atoms with Crippen molar-refractivity contribution >= 4 is 36.4 Å². The third-order valence-corrected chi connectivity index (χ3v) is 2.04. The third kappa shape index (κ3) is 2.02. The molecule has 1 aliphatic heterocycles. The van der Waals surface area contributed by atoms with Gasteiger partial charge in [-0.25, -0.2) is 0 Å². The number of rotatable bonds is 0. The zero-order chi connectivity index (χ0) is 6.97. The topological polar surface area (TPSA) is 24.9 Å². The van der Waals surface area contributed by atoms with Crippen LogP contribution in [0, 0.1) is 0 Å². The summed E-state index contributed by atoms with van der Waals surface area (Å²) in [4.78, 5) is 4.17. The molecule has 0 unspecified atom stereocenters. The van der Waals surface area contributed by atoms with Gasteiger partial charge in [0.1, 0.15) is 0 Å². The third-order valence-electron chi connectivity index (χ3n) is 1.68. The van der Waals surface area contributed by atoms with Gasteiger partial charge in [-0.3, -0.25) is 4.98 Å². The molecule has 0 amide bonds. The van der Waals surface area contributed by atoms with Gasteiger partial charge >= 0.3 is 0 Å². The lowest BCUT2D eigenvalue weighted by molar-refractivity contribution is 0.757. The number of fused-ring (bicyclic) bond motifs is 1. The van der Waals surface area contributed by atoms with Crippen LogP contribution in [0.5, 0.6) is 0 Å². The van der Waals surface area contributed by atoms with Crippen molar-refractivity contribution in [3.05, 3.63) is 28.5 Å². The summed E-state index contributed by atoms with van der Waals surface area (Å²) in [7, 11) is 0. The molecule has 2 heterocycles. The highest BCUT2D eigenvalue weighted by molar-refractivity contribution is 6.31. The molecule has 0 radical (unpaired) electrons. The molecule has 5 heteroatoms. The van der Waals surface area contributed by atoms with E-state index in [0.717, 1.165) is 29.4 Å². The van der Waals surface area contributed by atoms with Crippen molar-refractivity contribution in [3.63, 3.8) is 0 Å². The van der Waals surface area contributed by atoms with Gasteiger partial charge in [0.25, 0.3) is 0 Å². The van der Waals surface area contributed by atoms with Crippen LogP contribution in [0.3, 0.4) is 0 Å². The molecule has 0 fully saturated rings. The van der Waals surface area contributed by atoms with Crippen molar-refractivity contribution < 1.29 is 0 Å². The summed E-state index contributed by atoms with van der Waals surface area (Å²) >= 11 is 5.89. The Morgan fingerprint density at radius 3 is 2.75 bits per heavy atom. The lowest BCUT2D eigenvalue weighted by Crippen LogP contribution is -2.00. The average Bonchev–Trinajstić information content (AvgIpc) is 2.36. The van der Waals surface area contributed by atoms with Crippen LogP contribution in [0.4, 0.5) is 0 Å². The van der Waals surface area contributed by atoms with E-state index in [4.69, 9.17) is 11.6 Å². The standard InChI is InChI=1S/C7H7ClN2.2ClH/c8-6-1-2-10-7-4-9-3-5(6)7;;/h1-2,9H,3-4H2;2*1H. The van der Waals surface area contributed by atoms with E-state index in [0.29, 0.717) is 0 Å². The number of hydrogen-bond donors (Lipinski definition) is 1. The minimum Gasteiger partial charge on any atom is -0.307 e. The summed E-state index contributed by atoms with van der Waals surface area (Å²) in [6.45, 7) is 1.72. The average molecular weight is 228 g/mol. The van der Waals surface area contributed by atoms with Crippen molar-refractivity contribution in [1.82, 2.24) is 10.3 Å². The van der Waals surface area contributed by atoms with Crippen LogP contribution in [-0.4, -0.2) is 4.98 Å². The quantitative estimate of drug-likeness (QED) is 0.735. The van der Waals surface area contributed by atoms with Crippen LogP contribution in [-0.2, 0) is 13.1 Å². The van der Waals surface area contributed by atoms with Gasteiger partial charge in [0.2, 0.25) is 0 Å². The zero-order valence-corrected chi connectivity index (χ0v) is 8.60.